The lowest BCUT2D eigenvalue weighted by Gasteiger charge is -2.23. The van der Waals surface area contributed by atoms with Crippen LogP contribution < -0.4 is 5.32 Å². The van der Waals surface area contributed by atoms with E-state index in [9.17, 15) is 8.78 Å². The number of nitrogens with one attached hydrogen (secondary N) is 1. The fourth-order valence-electron chi connectivity index (χ4n) is 2.54. The molecule has 1 unspecified atom stereocenters. The number of ether oxygens (including phenoxy) is 1. The van der Waals surface area contributed by atoms with E-state index in [1.165, 1.54) is 5.56 Å². The van der Waals surface area contributed by atoms with Gasteiger partial charge in [0.25, 0.3) is 6.43 Å². The maximum Gasteiger partial charge on any atom is 0.261 e. The third kappa shape index (κ3) is 4.45. The number of hydrogen-bond acceptors (Lipinski definition) is 4. The fraction of sp³-hybridized carbons (Fsp3) is 0.714. The largest absolute Gasteiger partial charge is 0.375 e. The van der Waals surface area contributed by atoms with Crippen molar-refractivity contribution in [1.29, 1.82) is 0 Å². The lowest BCUT2D eigenvalue weighted by atomic mass is 9.87. The molecule has 1 N–H and O–H groups in total. The van der Waals surface area contributed by atoms with E-state index in [4.69, 9.17) is 4.74 Å². The molecular weight excluding hydrogens is 264 g/mol. The van der Waals surface area contributed by atoms with E-state index in [0.717, 1.165) is 31.5 Å². The van der Waals surface area contributed by atoms with Crippen LogP contribution in [0.4, 0.5) is 8.78 Å². The van der Waals surface area contributed by atoms with Gasteiger partial charge in [-0.05, 0) is 44.3 Å². The molecule has 1 aromatic rings. The number of alkyl halides is 2. The number of nitrogens with zero attached hydrogens (tertiary/aromatic N) is 2. The molecule has 1 aliphatic rings. The molecule has 0 radical (unpaired) electrons. The summed E-state index contributed by atoms with van der Waals surface area (Å²) in [5.41, 5.74) is 2.32. The van der Waals surface area contributed by atoms with Crippen LogP contribution in [0.1, 0.15) is 23.5 Å². The SMILES string of the molecule is CNCC1CCc2nc(CCOCC(F)F)ncc2C1. The third-order valence-corrected chi connectivity index (χ3v) is 3.51. The van der Waals surface area contributed by atoms with E-state index in [2.05, 4.69) is 15.3 Å². The molecule has 0 spiro atoms. The van der Waals surface area contributed by atoms with Crippen LogP contribution in [-0.4, -0.2) is 43.2 Å². The zero-order valence-electron chi connectivity index (χ0n) is 11.7. The molecule has 0 saturated carbocycles. The summed E-state index contributed by atoms with van der Waals surface area (Å²) < 4.78 is 28.7. The molecule has 1 heterocycles. The van der Waals surface area contributed by atoms with Gasteiger partial charge in [0.05, 0.1) is 6.61 Å². The van der Waals surface area contributed by atoms with Crippen molar-refractivity contribution in [3.05, 3.63) is 23.3 Å². The molecule has 0 bridgehead atoms. The summed E-state index contributed by atoms with van der Waals surface area (Å²) in [7, 11) is 1.97. The molecular formula is C14H21F2N3O. The number of aromatic nitrogens is 2. The number of rotatable bonds is 7. The maximum atomic E-state index is 11.9. The van der Waals surface area contributed by atoms with Gasteiger partial charge in [-0.2, -0.15) is 0 Å². The minimum Gasteiger partial charge on any atom is -0.375 e. The Balaban J connectivity index is 1.86. The lowest BCUT2D eigenvalue weighted by molar-refractivity contribution is 0.0182. The zero-order chi connectivity index (χ0) is 14.4. The van der Waals surface area contributed by atoms with E-state index in [1.807, 2.05) is 13.2 Å². The van der Waals surface area contributed by atoms with Crippen LogP contribution in [0.3, 0.4) is 0 Å². The average molecular weight is 285 g/mol. The van der Waals surface area contributed by atoms with Crippen LogP contribution in [-0.2, 0) is 24.0 Å². The van der Waals surface area contributed by atoms with E-state index in [1.54, 1.807) is 0 Å². The minimum atomic E-state index is -2.41. The Morgan fingerprint density at radius 1 is 1.50 bits per heavy atom. The average Bonchev–Trinajstić information content (AvgIpc) is 2.44. The molecule has 4 nitrogen and oxygen atoms in total. The van der Waals surface area contributed by atoms with Crippen molar-refractivity contribution in [3.63, 3.8) is 0 Å². The van der Waals surface area contributed by atoms with Gasteiger partial charge in [-0.25, -0.2) is 18.7 Å². The molecule has 0 saturated heterocycles. The topological polar surface area (TPSA) is 47.0 Å². The standard InChI is InChI=1S/C14H21F2N3O/c1-17-7-10-2-3-12-11(6-10)8-18-14(19-12)4-5-20-9-13(15)16/h8,10,13,17H,2-7,9H2,1H3. The van der Waals surface area contributed by atoms with Gasteiger partial charge >= 0.3 is 0 Å². The second kappa shape index (κ2) is 7.59. The van der Waals surface area contributed by atoms with Crippen molar-refractivity contribution in [1.82, 2.24) is 15.3 Å². The summed E-state index contributed by atoms with van der Waals surface area (Å²) in [6, 6.07) is 0. The second-order valence-corrected chi connectivity index (χ2v) is 5.14. The molecule has 20 heavy (non-hydrogen) atoms. The highest BCUT2D eigenvalue weighted by Gasteiger charge is 2.19. The highest BCUT2D eigenvalue weighted by Crippen LogP contribution is 2.23. The summed E-state index contributed by atoms with van der Waals surface area (Å²) in [5, 5.41) is 3.20. The van der Waals surface area contributed by atoms with Crippen LogP contribution in [0, 0.1) is 5.92 Å². The first kappa shape index (κ1) is 15.3. The summed E-state index contributed by atoms with van der Waals surface area (Å²) in [6.45, 7) is 0.741. The molecule has 0 aromatic carbocycles. The first-order chi connectivity index (χ1) is 9.69. The minimum absolute atomic E-state index is 0.242. The molecule has 1 aromatic heterocycles. The van der Waals surface area contributed by atoms with Crippen molar-refractivity contribution < 1.29 is 13.5 Å². The maximum absolute atomic E-state index is 11.9. The van der Waals surface area contributed by atoms with Gasteiger partial charge in [0.1, 0.15) is 12.4 Å². The Kier molecular flexibility index (Phi) is 5.79. The first-order valence-corrected chi connectivity index (χ1v) is 7.03. The highest BCUT2D eigenvalue weighted by molar-refractivity contribution is 5.21. The van der Waals surface area contributed by atoms with Crippen molar-refractivity contribution in [2.45, 2.75) is 32.1 Å². The summed E-state index contributed by atoms with van der Waals surface area (Å²) in [6.07, 6.45) is 3.06. The molecule has 0 fully saturated rings. The third-order valence-electron chi connectivity index (χ3n) is 3.51. The van der Waals surface area contributed by atoms with Gasteiger partial charge in [0.15, 0.2) is 0 Å². The van der Waals surface area contributed by atoms with Crippen molar-refractivity contribution in [2.24, 2.45) is 5.92 Å². The van der Waals surface area contributed by atoms with Crippen LogP contribution in [0.5, 0.6) is 0 Å². The second-order valence-electron chi connectivity index (χ2n) is 5.14. The van der Waals surface area contributed by atoms with E-state index >= 15 is 0 Å². The van der Waals surface area contributed by atoms with Crippen molar-refractivity contribution in [3.8, 4) is 0 Å². The monoisotopic (exact) mass is 285 g/mol. The number of aryl methyl sites for hydroxylation is 1. The molecule has 0 aliphatic heterocycles. The van der Waals surface area contributed by atoms with Gasteiger partial charge < -0.3 is 10.1 Å². The van der Waals surface area contributed by atoms with Gasteiger partial charge in [-0.3, -0.25) is 0 Å². The van der Waals surface area contributed by atoms with Crippen LogP contribution in [0.15, 0.2) is 6.20 Å². The van der Waals surface area contributed by atoms with Crippen LogP contribution in [0.2, 0.25) is 0 Å². The van der Waals surface area contributed by atoms with Gasteiger partial charge in [0, 0.05) is 18.3 Å². The summed E-state index contributed by atoms with van der Waals surface area (Å²) in [4.78, 5) is 8.83. The van der Waals surface area contributed by atoms with E-state index in [-0.39, 0.29) is 6.61 Å². The van der Waals surface area contributed by atoms with Crippen LogP contribution >= 0.6 is 0 Å². The van der Waals surface area contributed by atoms with Gasteiger partial charge in [-0.15, -0.1) is 0 Å². The van der Waals surface area contributed by atoms with Gasteiger partial charge in [0.2, 0.25) is 0 Å². The molecule has 1 aliphatic carbocycles. The first-order valence-electron chi connectivity index (χ1n) is 7.03. The summed E-state index contributed by atoms with van der Waals surface area (Å²) in [5.74, 6) is 1.33. The Morgan fingerprint density at radius 3 is 3.10 bits per heavy atom. The fourth-order valence-corrected chi connectivity index (χ4v) is 2.54. The Bertz CT molecular complexity index is 429. The Hall–Kier alpha value is -1.14. The predicted molar refractivity (Wildman–Crippen MR) is 72.0 cm³/mol. The normalized spacial score (nSPS) is 18.3. The number of hydrogen-bond donors (Lipinski definition) is 1. The molecule has 0 amide bonds. The Labute approximate surface area is 118 Å². The molecule has 6 heteroatoms. The number of halogens is 2. The molecule has 1 atom stereocenters. The van der Waals surface area contributed by atoms with Gasteiger partial charge in [-0.1, -0.05) is 0 Å². The zero-order valence-corrected chi connectivity index (χ0v) is 11.7. The lowest BCUT2D eigenvalue weighted by Crippen LogP contribution is -2.25. The van der Waals surface area contributed by atoms with Crippen molar-refractivity contribution >= 4 is 0 Å². The molecule has 2 rings (SSSR count). The quantitative estimate of drug-likeness (QED) is 0.774. The predicted octanol–water partition coefficient (Wildman–Crippen LogP) is 1.63. The Morgan fingerprint density at radius 2 is 2.35 bits per heavy atom. The van der Waals surface area contributed by atoms with E-state index < -0.39 is 13.0 Å². The van der Waals surface area contributed by atoms with Crippen LogP contribution in [0.25, 0.3) is 0 Å². The van der Waals surface area contributed by atoms with Crippen molar-refractivity contribution in [2.75, 3.05) is 26.8 Å². The smallest absolute Gasteiger partial charge is 0.261 e. The summed E-state index contributed by atoms with van der Waals surface area (Å²) >= 11 is 0. The van der Waals surface area contributed by atoms with E-state index in [0.29, 0.717) is 18.2 Å². The number of fused-ring (bicyclic) bond motifs is 1. The highest BCUT2D eigenvalue weighted by atomic mass is 19.3. The molecule has 112 valence electrons.